The van der Waals surface area contributed by atoms with Gasteiger partial charge in [-0.05, 0) is 42.3 Å². The van der Waals surface area contributed by atoms with E-state index in [1.807, 2.05) is 54.6 Å². The molecule has 34 heavy (non-hydrogen) atoms. The van der Waals surface area contributed by atoms with E-state index in [4.69, 9.17) is 4.52 Å². The van der Waals surface area contributed by atoms with E-state index in [0.29, 0.717) is 11.7 Å². The van der Waals surface area contributed by atoms with Crippen LogP contribution in [-0.4, -0.2) is 46.1 Å². The quantitative estimate of drug-likeness (QED) is 0.381. The number of piperazine rings is 1. The van der Waals surface area contributed by atoms with Crippen LogP contribution in [0.5, 0.6) is 0 Å². The summed E-state index contributed by atoms with van der Waals surface area (Å²) in [5.41, 5.74) is 2.90. The van der Waals surface area contributed by atoms with Gasteiger partial charge in [0.05, 0.1) is 12.1 Å². The molecule has 0 saturated carbocycles. The molecule has 1 atom stereocenters. The lowest BCUT2D eigenvalue weighted by molar-refractivity contribution is 0.0726. The molecular formula is C27H26F2N4O. The molecule has 5 nitrogen and oxygen atoms in total. The molecule has 1 saturated heterocycles. The second-order valence-electron chi connectivity index (χ2n) is 8.58. The molecule has 1 aliphatic rings. The Bertz CT molecular complexity index is 1160. The predicted octanol–water partition coefficient (Wildman–Crippen LogP) is 5.48. The van der Waals surface area contributed by atoms with E-state index in [-0.39, 0.29) is 23.7 Å². The summed E-state index contributed by atoms with van der Waals surface area (Å²) in [6.07, 6.45) is 0. The number of aromatic nitrogens is 2. The Kier molecular flexibility index (Phi) is 6.47. The molecular weight excluding hydrogens is 434 g/mol. The highest BCUT2D eigenvalue weighted by atomic mass is 19.1. The number of halogens is 2. The summed E-state index contributed by atoms with van der Waals surface area (Å²) in [6.45, 7) is 5.29. The van der Waals surface area contributed by atoms with Crippen LogP contribution in [0.4, 0.5) is 8.78 Å². The van der Waals surface area contributed by atoms with Crippen molar-refractivity contribution >= 4 is 0 Å². The fraction of sp³-hybridized carbons (Fsp3) is 0.259. The molecule has 5 rings (SSSR count). The van der Waals surface area contributed by atoms with Gasteiger partial charge >= 0.3 is 0 Å². The molecule has 7 heteroatoms. The molecule has 0 spiro atoms. The molecule has 0 aliphatic carbocycles. The van der Waals surface area contributed by atoms with Crippen molar-refractivity contribution in [1.82, 2.24) is 19.9 Å². The number of hydrogen-bond donors (Lipinski definition) is 0. The van der Waals surface area contributed by atoms with Crippen LogP contribution >= 0.6 is 0 Å². The topological polar surface area (TPSA) is 45.4 Å². The van der Waals surface area contributed by atoms with Crippen LogP contribution in [0.1, 0.15) is 36.0 Å². The van der Waals surface area contributed by atoms with Gasteiger partial charge < -0.3 is 4.52 Å². The molecule has 3 aromatic carbocycles. The van der Waals surface area contributed by atoms with Crippen molar-refractivity contribution in [3.8, 4) is 11.4 Å². The van der Waals surface area contributed by atoms with Gasteiger partial charge in [-0.3, -0.25) is 9.80 Å². The average Bonchev–Trinajstić information content (AvgIpc) is 3.37. The van der Waals surface area contributed by atoms with Gasteiger partial charge in [0.2, 0.25) is 11.7 Å². The maximum Gasteiger partial charge on any atom is 0.244 e. The first-order valence-corrected chi connectivity index (χ1v) is 11.5. The fourth-order valence-electron chi connectivity index (χ4n) is 4.55. The highest BCUT2D eigenvalue weighted by molar-refractivity contribution is 5.53. The van der Waals surface area contributed by atoms with Gasteiger partial charge in [-0.1, -0.05) is 59.8 Å². The molecule has 0 N–H and O–H groups in total. The van der Waals surface area contributed by atoms with Crippen molar-refractivity contribution in [2.24, 2.45) is 0 Å². The van der Waals surface area contributed by atoms with Crippen LogP contribution in [-0.2, 0) is 0 Å². The summed E-state index contributed by atoms with van der Waals surface area (Å²) in [6, 6.07) is 22.8. The molecule has 0 amide bonds. The normalized spacial score (nSPS) is 16.1. The van der Waals surface area contributed by atoms with E-state index < -0.39 is 0 Å². The highest BCUT2D eigenvalue weighted by Crippen LogP contribution is 2.31. The highest BCUT2D eigenvalue weighted by Gasteiger charge is 2.30. The van der Waals surface area contributed by atoms with Crippen LogP contribution < -0.4 is 0 Å². The summed E-state index contributed by atoms with van der Waals surface area (Å²) in [5, 5.41) is 4.15. The fourth-order valence-corrected chi connectivity index (χ4v) is 4.55. The van der Waals surface area contributed by atoms with Crippen molar-refractivity contribution in [2.75, 3.05) is 26.2 Å². The summed E-state index contributed by atoms with van der Waals surface area (Å²) < 4.78 is 32.7. The zero-order valence-electron chi connectivity index (χ0n) is 18.9. The Morgan fingerprint density at radius 3 is 1.82 bits per heavy atom. The molecule has 0 bridgehead atoms. The standard InChI is InChI=1S/C27H26F2N4O/c1-19(27-30-26(31-34-27)22-5-3-2-4-6-22)32-15-17-33(18-16-32)25(20-7-11-23(28)12-8-20)21-9-13-24(29)14-10-21/h2-14,19,25H,15-18H2,1H3/t19-/m0/s1. The van der Waals surface area contributed by atoms with Crippen molar-refractivity contribution in [2.45, 2.75) is 19.0 Å². The summed E-state index contributed by atoms with van der Waals surface area (Å²) >= 11 is 0. The lowest BCUT2D eigenvalue weighted by Crippen LogP contribution is -2.48. The molecule has 0 radical (unpaired) electrons. The number of nitrogens with zero attached hydrogens (tertiary/aromatic N) is 4. The minimum Gasteiger partial charge on any atom is -0.337 e. The summed E-state index contributed by atoms with van der Waals surface area (Å²) in [4.78, 5) is 9.30. The zero-order chi connectivity index (χ0) is 23.5. The van der Waals surface area contributed by atoms with Gasteiger partial charge in [0.15, 0.2) is 0 Å². The van der Waals surface area contributed by atoms with Gasteiger partial charge in [0, 0.05) is 31.7 Å². The minimum atomic E-state index is -0.269. The Morgan fingerprint density at radius 1 is 0.735 bits per heavy atom. The summed E-state index contributed by atoms with van der Waals surface area (Å²) in [7, 11) is 0. The first-order chi connectivity index (χ1) is 16.6. The molecule has 2 heterocycles. The number of hydrogen-bond acceptors (Lipinski definition) is 5. The second kappa shape index (κ2) is 9.83. The maximum atomic E-state index is 13.6. The smallest absolute Gasteiger partial charge is 0.244 e. The van der Waals surface area contributed by atoms with Crippen molar-refractivity contribution < 1.29 is 13.3 Å². The van der Waals surface area contributed by atoms with Crippen molar-refractivity contribution in [1.29, 1.82) is 0 Å². The van der Waals surface area contributed by atoms with Crippen LogP contribution in [0.3, 0.4) is 0 Å². The minimum absolute atomic E-state index is 0.0118. The lowest BCUT2D eigenvalue weighted by Gasteiger charge is -2.41. The van der Waals surface area contributed by atoms with E-state index in [1.165, 1.54) is 24.3 Å². The Morgan fingerprint density at radius 2 is 1.26 bits per heavy atom. The van der Waals surface area contributed by atoms with Gasteiger partial charge in [0.25, 0.3) is 0 Å². The number of rotatable bonds is 6. The maximum absolute atomic E-state index is 13.6. The molecule has 174 valence electrons. The Hall–Kier alpha value is -3.42. The van der Waals surface area contributed by atoms with Gasteiger partial charge in [0.1, 0.15) is 11.6 Å². The van der Waals surface area contributed by atoms with E-state index in [9.17, 15) is 8.78 Å². The van der Waals surface area contributed by atoms with Crippen LogP contribution in [0, 0.1) is 11.6 Å². The Labute approximate surface area is 197 Å². The van der Waals surface area contributed by atoms with E-state index >= 15 is 0 Å². The van der Waals surface area contributed by atoms with Crippen LogP contribution in [0.15, 0.2) is 83.4 Å². The van der Waals surface area contributed by atoms with Gasteiger partial charge in [-0.2, -0.15) is 4.98 Å². The largest absolute Gasteiger partial charge is 0.337 e. The SMILES string of the molecule is C[C@@H](c1nc(-c2ccccc2)no1)N1CCN(C(c2ccc(F)cc2)c2ccc(F)cc2)CC1. The summed E-state index contributed by atoms with van der Waals surface area (Å²) in [5.74, 6) is 0.652. The van der Waals surface area contributed by atoms with Crippen LogP contribution in [0.25, 0.3) is 11.4 Å². The third-order valence-electron chi connectivity index (χ3n) is 6.46. The van der Waals surface area contributed by atoms with Crippen molar-refractivity contribution in [3.63, 3.8) is 0 Å². The third kappa shape index (κ3) is 4.76. The predicted molar refractivity (Wildman–Crippen MR) is 126 cm³/mol. The Balaban J connectivity index is 1.31. The van der Waals surface area contributed by atoms with E-state index in [1.54, 1.807) is 0 Å². The lowest BCUT2D eigenvalue weighted by atomic mass is 9.96. The number of benzene rings is 3. The first-order valence-electron chi connectivity index (χ1n) is 11.5. The van der Waals surface area contributed by atoms with E-state index in [0.717, 1.165) is 42.9 Å². The molecule has 4 aromatic rings. The second-order valence-corrected chi connectivity index (χ2v) is 8.58. The van der Waals surface area contributed by atoms with E-state index in [2.05, 4.69) is 26.9 Å². The zero-order valence-corrected chi connectivity index (χ0v) is 18.9. The molecule has 1 aromatic heterocycles. The molecule has 1 fully saturated rings. The van der Waals surface area contributed by atoms with Crippen molar-refractivity contribution in [3.05, 3.63) is 108 Å². The first kappa shape index (κ1) is 22.4. The third-order valence-corrected chi connectivity index (χ3v) is 6.46. The van der Waals surface area contributed by atoms with Gasteiger partial charge in [-0.25, -0.2) is 8.78 Å². The van der Waals surface area contributed by atoms with Crippen LogP contribution in [0.2, 0.25) is 0 Å². The average molecular weight is 461 g/mol. The molecule has 0 unspecified atom stereocenters. The monoisotopic (exact) mass is 460 g/mol. The van der Waals surface area contributed by atoms with Gasteiger partial charge in [-0.15, -0.1) is 0 Å². The molecule has 1 aliphatic heterocycles.